The fourth-order valence-electron chi connectivity index (χ4n) is 4.86. The van der Waals surface area contributed by atoms with Crippen LogP contribution in [0.5, 0.6) is 5.75 Å². The van der Waals surface area contributed by atoms with Crippen molar-refractivity contribution in [1.82, 2.24) is 4.98 Å². The van der Waals surface area contributed by atoms with Gasteiger partial charge in [-0.3, -0.25) is 14.5 Å². The highest BCUT2D eigenvalue weighted by atomic mass is 32.1. The molecular formula is C30H26N2O8S. The maximum absolute atomic E-state index is 13.5. The number of thiazole rings is 1. The summed E-state index contributed by atoms with van der Waals surface area (Å²) < 4.78 is 15.7. The quantitative estimate of drug-likeness (QED) is 0.142. The van der Waals surface area contributed by atoms with Gasteiger partial charge in [0.15, 0.2) is 5.13 Å². The van der Waals surface area contributed by atoms with Gasteiger partial charge in [-0.2, -0.15) is 0 Å². The Bertz CT molecular complexity index is 1620. The monoisotopic (exact) mass is 574 g/mol. The molecule has 41 heavy (non-hydrogen) atoms. The third-order valence-electron chi connectivity index (χ3n) is 6.77. The normalized spacial score (nSPS) is 19.0. The lowest BCUT2D eigenvalue weighted by atomic mass is 9.94. The molecular weight excluding hydrogens is 548 g/mol. The number of amides is 1. The number of aliphatic hydroxyl groups is 1. The Kier molecular flexibility index (Phi) is 7.46. The second-order valence-corrected chi connectivity index (χ2v) is 10.5. The van der Waals surface area contributed by atoms with E-state index in [4.69, 9.17) is 14.2 Å². The molecule has 0 aliphatic carbocycles. The molecule has 2 aliphatic rings. The third kappa shape index (κ3) is 5.00. The second kappa shape index (κ2) is 11.0. The van der Waals surface area contributed by atoms with Gasteiger partial charge in [0, 0.05) is 12.0 Å². The first-order valence-corrected chi connectivity index (χ1v) is 13.5. The lowest BCUT2D eigenvalue weighted by molar-refractivity contribution is -0.132. The Morgan fingerprint density at radius 2 is 1.88 bits per heavy atom. The third-order valence-corrected chi connectivity index (χ3v) is 7.91. The van der Waals surface area contributed by atoms with E-state index < -0.39 is 29.7 Å². The number of aryl methyl sites for hydroxylation is 1. The van der Waals surface area contributed by atoms with Crippen molar-refractivity contribution < 1.29 is 38.5 Å². The van der Waals surface area contributed by atoms with E-state index in [1.807, 2.05) is 6.92 Å². The molecule has 11 heteroatoms. The van der Waals surface area contributed by atoms with Gasteiger partial charge in [0.2, 0.25) is 0 Å². The van der Waals surface area contributed by atoms with Gasteiger partial charge in [0.05, 0.1) is 30.0 Å². The molecule has 0 bridgehead atoms. The number of methoxy groups -OCH3 is 1. The maximum atomic E-state index is 13.5. The van der Waals surface area contributed by atoms with Crippen LogP contribution in [0.1, 0.15) is 55.4 Å². The average Bonchev–Trinajstić information content (AvgIpc) is 3.62. The van der Waals surface area contributed by atoms with Crippen molar-refractivity contribution in [3.05, 3.63) is 93.5 Å². The van der Waals surface area contributed by atoms with E-state index in [1.165, 1.54) is 25.3 Å². The van der Waals surface area contributed by atoms with E-state index >= 15 is 0 Å². The number of ketones is 1. The minimum absolute atomic E-state index is 0.00679. The van der Waals surface area contributed by atoms with Crippen LogP contribution >= 0.6 is 11.3 Å². The lowest BCUT2D eigenvalue weighted by Gasteiger charge is -2.23. The number of nitrogens with zero attached hydrogens (tertiary/aromatic N) is 2. The van der Waals surface area contributed by atoms with Gasteiger partial charge in [-0.25, -0.2) is 14.6 Å². The van der Waals surface area contributed by atoms with E-state index in [1.54, 1.807) is 37.3 Å². The number of anilines is 1. The number of fused-ring (bicyclic) bond motifs is 1. The molecule has 2 aromatic carbocycles. The Balaban J connectivity index is 1.65. The predicted molar refractivity (Wildman–Crippen MR) is 150 cm³/mol. The summed E-state index contributed by atoms with van der Waals surface area (Å²) in [5.74, 6) is -2.72. The zero-order chi connectivity index (χ0) is 29.4. The largest absolute Gasteiger partial charge is 0.507 e. The standard InChI is InChI=1S/C30H26N2O8S/c1-5-12-39-29(37)26-16(3)31-30(41-26)32-23(17-6-8-18(9-7-17)28(36)38-4)22(25(34)27(32)35)24(33)19-10-11-21-20(14-19)13-15(2)40-21/h5-11,14-15,23,33H,1,12-13H2,2-4H3/t15-,23+/m0/s1. The zero-order valence-electron chi connectivity index (χ0n) is 22.5. The van der Waals surface area contributed by atoms with Crippen LogP contribution in [0, 0.1) is 6.92 Å². The summed E-state index contributed by atoms with van der Waals surface area (Å²) in [6.45, 7) is 7.05. The summed E-state index contributed by atoms with van der Waals surface area (Å²) in [5, 5.41) is 11.6. The molecule has 3 heterocycles. The minimum Gasteiger partial charge on any atom is -0.507 e. The first kappa shape index (κ1) is 27.8. The number of aliphatic hydroxyl groups excluding tert-OH is 1. The van der Waals surface area contributed by atoms with Gasteiger partial charge in [-0.15, -0.1) is 0 Å². The van der Waals surface area contributed by atoms with Crippen LogP contribution in [0.15, 0.2) is 60.7 Å². The van der Waals surface area contributed by atoms with E-state index in [0.717, 1.165) is 21.8 Å². The van der Waals surface area contributed by atoms with Gasteiger partial charge in [-0.05, 0) is 55.3 Å². The topological polar surface area (TPSA) is 132 Å². The Labute approximate surface area is 239 Å². The van der Waals surface area contributed by atoms with Crippen LogP contribution in [0.4, 0.5) is 5.13 Å². The van der Waals surface area contributed by atoms with E-state index in [-0.39, 0.29) is 39.6 Å². The number of hydrogen-bond acceptors (Lipinski definition) is 10. The molecule has 3 aromatic rings. The average molecular weight is 575 g/mol. The number of esters is 2. The highest BCUT2D eigenvalue weighted by Crippen LogP contribution is 2.44. The highest BCUT2D eigenvalue weighted by molar-refractivity contribution is 7.17. The smallest absolute Gasteiger partial charge is 0.350 e. The molecule has 2 atom stereocenters. The molecule has 0 spiro atoms. The Morgan fingerprint density at radius 1 is 1.17 bits per heavy atom. The van der Waals surface area contributed by atoms with E-state index in [0.29, 0.717) is 29.0 Å². The van der Waals surface area contributed by atoms with Gasteiger partial charge in [0.25, 0.3) is 5.78 Å². The molecule has 1 aromatic heterocycles. The molecule has 1 saturated heterocycles. The molecule has 210 valence electrons. The van der Waals surface area contributed by atoms with Crippen LogP contribution in [0.2, 0.25) is 0 Å². The zero-order valence-corrected chi connectivity index (χ0v) is 23.3. The summed E-state index contributed by atoms with van der Waals surface area (Å²) >= 11 is 0.895. The van der Waals surface area contributed by atoms with Gasteiger partial charge < -0.3 is 19.3 Å². The molecule has 1 fully saturated rings. The van der Waals surface area contributed by atoms with Crippen molar-refractivity contribution in [2.24, 2.45) is 0 Å². The SMILES string of the molecule is C=CCOC(=O)c1sc(N2C(=O)C(=O)C(=C(O)c3ccc4c(c3)C[C@H](C)O4)[C@H]2c2ccc(C(=O)OC)cc2)nc1C. The summed E-state index contributed by atoms with van der Waals surface area (Å²) in [5.41, 5.74) is 2.07. The number of rotatable bonds is 7. The Hall–Kier alpha value is -4.77. The molecule has 2 aliphatic heterocycles. The number of aromatic nitrogens is 1. The van der Waals surface area contributed by atoms with Crippen LogP contribution < -0.4 is 9.64 Å². The summed E-state index contributed by atoms with van der Waals surface area (Å²) in [7, 11) is 1.26. The number of ether oxygens (including phenoxy) is 3. The van der Waals surface area contributed by atoms with Crippen molar-refractivity contribution in [3.63, 3.8) is 0 Å². The number of hydrogen-bond donors (Lipinski definition) is 1. The number of carbonyl (C=O) groups is 4. The highest BCUT2D eigenvalue weighted by Gasteiger charge is 2.48. The molecule has 1 amide bonds. The fraction of sp³-hybridized carbons (Fsp3) is 0.233. The number of Topliss-reactive ketones (excluding diaryl/α,β-unsaturated/α-hetero) is 1. The van der Waals surface area contributed by atoms with Crippen molar-refractivity contribution >= 4 is 45.9 Å². The van der Waals surface area contributed by atoms with Crippen molar-refractivity contribution in [2.75, 3.05) is 18.6 Å². The number of benzene rings is 2. The van der Waals surface area contributed by atoms with Crippen molar-refractivity contribution in [1.29, 1.82) is 0 Å². The lowest BCUT2D eigenvalue weighted by Crippen LogP contribution is -2.29. The van der Waals surface area contributed by atoms with Gasteiger partial charge in [0.1, 0.15) is 29.1 Å². The van der Waals surface area contributed by atoms with Crippen LogP contribution in [-0.2, 0) is 25.5 Å². The summed E-state index contributed by atoms with van der Waals surface area (Å²) in [6.07, 6.45) is 2.03. The molecule has 10 nitrogen and oxygen atoms in total. The summed E-state index contributed by atoms with van der Waals surface area (Å²) in [6, 6.07) is 10.1. The number of carbonyl (C=O) groups excluding carboxylic acids is 4. The molecule has 1 N–H and O–H groups in total. The minimum atomic E-state index is -1.10. The van der Waals surface area contributed by atoms with E-state index in [2.05, 4.69) is 11.6 Å². The van der Waals surface area contributed by atoms with Crippen molar-refractivity contribution in [2.45, 2.75) is 32.4 Å². The molecule has 5 rings (SSSR count). The van der Waals surface area contributed by atoms with E-state index in [9.17, 15) is 24.3 Å². The van der Waals surface area contributed by atoms with Crippen LogP contribution in [0.3, 0.4) is 0 Å². The second-order valence-electron chi connectivity index (χ2n) is 9.54. The Morgan fingerprint density at radius 3 is 2.56 bits per heavy atom. The molecule has 0 saturated carbocycles. The predicted octanol–water partition coefficient (Wildman–Crippen LogP) is 4.53. The first-order valence-electron chi connectivity index (χ1n) is 12.7. The maximum Gasteiger partial charge on any atom is 0.350 e. The fourth-order valence-corrected chi connectivity index (χ4v) is 5.85. The molecule has 0 radical (unpaired) electrons. The van der Waals surface area contributed by atoms with Gasteiger partial charge >= 0.3 is 17.8 Å². The van der Waals surface area contributed by atoms with Crippen LogP contribution in [-0.4, -0.2) is 53.5 Å². The molecule has 0 unspecified atom stereocenters. The summed E-state index contributed by atoms with van der Waals surface area (Å²) in [4.78, 5) is 57.4. The van der Waals surface area contributed by atoms with Crippen molar-refractivity contribution in [3.8, 4) is 5.75 Å². The van der Waals surface area contributed by atoms with Crippen LogP contribution in [0.25, 0.3) is 5.76 Å². The van der Waals surface area contributed by atoms with Gasteiger partial charge in [-0.1, -0.05) is 36.1 Å². The first-order chi connectivity index (χ1) is 19.6.